The Morgan fingerprint density at radius 2 is 2.22 bits per heavy atom. The van der Waals surface area contributed by atoms with Crippen LogP contribution in [0.2, 0.25) is 0 Å². The first-order valence-corrected chi connectivity index (χ1v) is 8.26. The smallest absolute Gasteiger partial charge is 0.306 e. The number of rotatable bonds is 4. The first-order valence-electron chi connectivity index (χ1n) is 7.44. The summed E-state index contributed by atoms with van der Waals surface area (Å²) in [5.74, 6) is -1.31. The Bertz CT molecular complexity index is 752. The summed E-state index contributed by atoms with van der Waals surface area (Å²) in [6.07, 6.45) is 5.38. The largest absolute Gasteiger partial charge is 0.481 e. The van der Waals surface area contributed by atoms with Crippen molar-refractivity contribution in [2.24, 2.45) is 13.0 Å². The number of nitrogens with one attached hydrogen (secondary N) is 1. The minimum absolute atomic E-state index is 0.0769. The Morgan fingerprint density at radius 1 is 1.43 bits per heavy atom. The van der Waals surface area contributed by atoms with Gasteiger partial charge in [0.1, 0.15) is 9.88 Å². The standard InChI is InChI=1S/C15H18N4O3S/c1-8-12(23-14(17-8)10-6-16-19(2)7-10)13(20)18-11-4-3-9(5-11)15(21)22/h6-7,9,11H,3-5H2,1-2H3,(H,18,20)(H,21,22)/t9-,11+/m0/s1. The van der Waals surface area contributed by atoms with E-state index in [1.54, 1.807) is 17.8 Å². The van der Waals surface area contributed by atoms with Gasteiger partial charge in [-0.3, -0.25) is 14.3 Å². The molecular formula is C15H18N4O3S. The third kappa shape index (κ3) is 3.26. The lowest BCUT2D eigenvalue weighted by Gasteiger charge is -2.11. The molecule has 122 valence electrons. The lowest BCUT2D eigenvalue weighted by Crippen LogP contribution is -2.33. The minimum atomic E-state index is -0.783. The molecule has 1 aliphatic rings. The number of carboxylic acid groups (broad SMARTS) is 1. The van der Waals surface area contributed by atoms with Crippen molar-refractivity contribution in [1.82, 2.24) is 20.1 Å². The first kappa shape index (κ1) is 15.7. The molecule has 0 aliphatic heterocycles. The minimum Gasteiger partial charge on any atom is -0.481 e. The molecule has 1 aliphatic carbocycles. The van der Waals surface area contributed by atoms with Crippen LogP contribution in [0.3, 0.4) is 0 Å². The zero-order chi connectivity index (χ0) is 16.6. The number of thiazole rings is 1. The van der Waals surface area contributed by atoms with Crippen LogP contribution in [0.25, 0.3) is 10.6 Å². The van der Waals surface area contributed by atoms with Gasteiger partial charge in [-0.05, 0) is 26.2 Å². The van der Waals surface area contributed by atoms with E-state index in [9.17, 15) is 9.59 Å². The SMILES string of the molecule is Cc1nc(-c2cnn(C)c2)sc1C(=O)N[C@@H]1CC[C@H](C(=O)O)C1. The maximum absolute atomic E-state index is 12.4. The fourth-order valence-corrected chi connectivity index (χ4v) is 3.79. The second-order valence-electron chi connectivity index (χ2n) is 5.85. The fourth-order valence-electron chi connectivity index (χ4n) is 2.85. The maximum Gasteiger partial charge on any atom is 0.306 e. The fraction of sp³-hybridized carbons (Fsp3) is 0.467. The Morgan fingerprint density at radius 3 is 2.83 bits per heavy atom. The van der Waals surface area contributed by atoms with E-state index in [1.165, 1.54) is 11.3 Å². The summed E-state index contributed by atoms with van der Waals surface area (Å²) >= 11 is 1.33. The second kappa shape index (κ2) is 6.11. The molecular weight excluding hydrogens is 316 g/mol. The number of hydrogen-bond acceptors (Lipinski definition) is 5. The number of aryl methyl sites for hydroxylation is 2. The summed E-state index contributed by atoms with van der Waals surface area (Å²) in [6.45, 7) is 1.81. The van der Waals surface area contributed by atoms with Crippen molar-refractivity contribution < 1.29 is 14.7 Å². The Kier molecular flexibility index (Phi) is 4.16. The Labute approximate surface area is 137 Å². The average molecular weight is 334 g/mol. The molecule has 7 nitrogen and oxygen atoms in total. The molecule has 2 heterocycles. The van der Waals surface area contributed by atoms with Gasteiger partial charge in [0.2, 0.25) is 0 Å². The van der Waals surface area contributed by atoms with Crippen LogP contribution < -0.4 is 5.32 Å². The summed E-state index contributed by atoms with van der Waals surface area (Å²) < 4.78 is 1.69. The predicted octanol–water partition coefficient (Wildman–Crippen LogP) is 1.84. The molecule has 2 N–H and O–H groups in total. The van der Waals surface area contributed by atoms with Gasteiger partial charge in [0.05, 0.1) is 17.8 Å². The van der Waals surface area contributed by atoms with Crippen molar-refractivity contribution in [2.45, 2.75) is 32.2 Å². The van der Waals surface area contributed by atoms with E-state index < -0.39 is 5.97 Å². The summed E-state index contributed by atoms with van der Waals surface area (Å²) in [5, 5.41) is 16.8. The average Bonchev–Trinajstić information content (AvgIpc) is 3.18. The Hall–Kier alpha value is -2.22. The van der Waals surface area contributed by atoms with Crippen molar-refractivity contribution in [3.8, 4) is 10.6 Å². The number of nitrogens with zero attached hydrogens (tertiary/aromatic N) is 3. The normalized spacial score (nSPS) is 20.6. The zero-order valence-electron chi connectivity index (χ0n) is 12.9. The molecule has 0 bridgehead atoms. The number of carbonyl (C=O) groups is 2. The van der Waals surface area contributed by atoms with E-state index in [0.717, 1.165) is 10.6 Å². The van der Waals surface area contributed by atoms with Gasteiger partial charge >= 0.3 is 5.97 Å². The van der Waals surface area contributed by atoms with Crippen LogP contribution in [0, 0.1) is 12.8 Å². The van der Waals surface area contributed by atoms with E-state index in [2.05, 4.69) is 15.4 Å². The van der Waals surface area contributed by atoms with Crippen LogP contribution in [0.4, 0.5) is 0 Å². The molecule has 2 aromatic heterocycles. The van der Waals surface area contributed by atoms with Gasteiger partial charge in [0.25, 0.3) is 5.91 Å². The number of carbonyl (C=O) groups excluding carboxylic acids is 1. The zero-order valence-corrected chi connectivity index (χ0v) is 13.8. The molecule has 0 radical (unpaired) electrons. The van der Waals surface area contributed by atoms with E-state index in [0.29, 0.717) is 29.8 Å². The lowest BCUT2D eigenvalue weighted by atomic mass is 10.1. The molecule has 2 atom stereocenters. The second-order valence-corrected chi connectivity index (χ2v) is 6.85. The topological polar surface area (TPSA) is 97.1 Å². The predicted molar refractivity (Wildman–Crippen MR) is 85.3 cm³/mol. The highest BCUT2D eigenvalue weighted by molar-refractivity contribution is 7.17. The van der Waals surface area contributed by atoms with Crippen LogP contribution in [0.1, 0.15) is 34.6 Å². The van der Waals surface area contributed by atoms with Gasteiger partial charge in [-0.2, -0.15) is 5.10 Å². The molecule has 0 aromatic carbocycles. The van der Waals surface area contributed by atoms with Crippen LogP contribution in [0.5, 0.6) is 0 Å². The van der Waals surface area contributed by atoms with Gasteiger partial charge in [-0.15, -0.1) is 11.3 Å². The van der Waals surface area contributed by atoms with Gasteiger partial charge < -0.3 is 10.4 Å². The van der Waals surface area contributed by atoms with Crippen LogP contribution in [-0.4, -0.2) is 37.8 Å². The summed E-state index contributed by atoms with van der Waals surface area (Å²) in [7, 11) is 1.83. The van der Waals surface area contributed by atoms with Crippen molar-refractivity contribution in [3.63, 3.8) is 0 Å². The summed E-state index contributed by atoms with van der Waals surface area (Å²) in [4.78, 5) is 28.4. The number of hydrogen-bond donors (Lipinski definition) is 2. The van der Waals surface area contributed by atoms with Crippen molar-refractivity contribution in [3.05, 3.63) is 23.0 Å². The molecule has 0 saturated heterocycles. The molecule has 1 fully saturated rings. The highest BCUT2D eigenvalue weighted by Crippen LogP contribution is 2.29. The number of aromatic nitrogens is 3. The highest BCUT2D eigenvalue weighted by Gasteiger charge is 2.31. The highest BCUT2D eigenvalue weighted by atomic mass is 32.1. The van der Waals surface area contributed by atoms with E-state index in [-0.39, 0.29) is 17.9 Å². The Balaban J connectivity index is 1.71. The third-order valence-corrected chi connectivity index (χ3v) is 5.28. The molecule has 3 rings (SSSR count). The molecule has 2 aromatic rings. The lowest BCUT2D eigenvalue weighted by molar-refractivity contribution is -0.141. The molecule has 0 spiro atoms. The van der Waals surface area contributed by atoms with Gasteiger partial charge in [0, 0.05) is 24.8 Å². The van der Waals surface area contributed by atoms with Crippen molar-refractivity contribution in [2.75, 3.05) is 0 Å². The molecule has 23 heavy (non-hydrogen) atoms. The first-order chi connectivity index (χ1) is 10.9. The number of amides is 1. The monoisotopic (exact) mass is 334 g/mol. The van der Waals surface area contributed by atoms with E-state index in [4.69, 9.17) is 5.11 Å². The third-order valence-electron chi connectivity index (χ3n) is 4.07. The van der Waals surface area contributed by atoms with E-state index in [1.807, 2.05) is 13.2 Å². The molecule has 1 saturated carbocycles. The number of aliphatic carboxylic acids is 1. The molecule has 0 unspecified atom stereocenters. The van der Waals surface area contributed by atoms with Gasteiger partial charge in [-0.1, -0.05) is 0 Å². The van der Waals surface area contributed by atoms with Crippen LogP contribution in [-0.2, 0) is 11.8 Å². The summed E-state index contributed by atoms with van der Waals surface area (Å²) in [5.41, 5.74) is 1.56. The van der Waals surface area contributed by atoms with Crippen molar-refractivity contribution >= 4 is 23.2 Å². The molecule has 8 heteroatoms. The van der Waals surface area contributed by atoms with Crippen LogP contribution in [0.15, 0.2) is 12.4 Å². The molecule has 1 amide bonds. The maximum atomic E-state index is 12.4. The van der Waals surface area contributed by atoms with Gasteiger partial charge in [0.15, 0.2) is 0 Å². The van der Waals surface area contributed by atoms with Crippen molar-refractivity contribution in [1.29, 1.82) is 0 Å². The quantitative estimate of drug-likeness (QED) is 0.889. The van der Waals surface area contributed by atoms with Crippen LogP contribution >= 0.6 is 11.3 Å². The van der Waals surface area contributed by atoms with Gasteiger partial charge in [-0.25, -0.2) is 4.98 Å². The summed E-state index contributed by atoms with van der Waals surface area (Å²) in [6, 6.07) is -0.0769. The van der Waals surface area contributed by atoms with E-state index >= 15 is 0 Å². The number of carboxylic acids is 1.